The van der Waals surface area contributed by atoms with Crippen molar-refractivity contribution in [2.45, 2.75) is 6.92 Å². The normalized spacial score (nSPS) is 11.2. The van der Waals surface area contributed by atoms with Crippen LogP contribution in [0.15, 0.2) is 97.1 Å². The van der Waals surface area contributed by atoms with Crippen molar-refractivity contribution in [2.75, 3.05) is 0 Å². The minimum absolute atomic E-state index is 0.829. The van der Waals surface area contributed by atoms with E-state index in [1.807, 2.05) is 6.07 Å². The molecule has 28 heavy (non-hydrogen) atoms. The Balaban J connectivity index is 1.63. The molecule has 5 aromatic carbocycles. The van der Waals surface area contributed by atoms with Crippen LogP contribution in [-0.2, 0) is 0 Å². The summed E-state index contributed by atoms with van der Waals surface area (Å²) in [5.41, 5.74) is 6.97. The highest BCUT2D eigenvalue weighted by Crippen LogP contribution is 2.32. The minimum atomic E-state index is 0.829. The van der Waals surface area contributed by atoms with Gasteiger partial charge in [0.25, 0.3) is 0 Å². The molecule has 2 radical (unpaired) electrons. The van der Waals surface area contributed by atoms with Crippen LogP contribution < -0.4 is 5.46 Å². The van der Waals surface area contributed by atoms with Crippen molar-refractivity contribution in [3.63, 3.8) is 0 Å². The fourth-order valence-corrected chi connectivity index (χ4v) is 4.04. The third-order valence-corrected chi connectivity index (χ3v) is 5.50. The minimum Gasteiger partial charge on any atom is -0.0889 e. The van der Waals surface area contributed by atoms with Gasteiger partial charge in [-0.3, -0.25) is 0 Å². The molecule has 0 aromatic heterocycles. The molecule has 0 fully saturated rings. The molecular weight excluding hydrogens is 335 g/mol. The highest BCUT2D eigenvalue weighted by atomic mass is 14.1. The van der Waals surface area contributed by atoms with Crippen molar-refractivity contribution in [1.82, 2.24) is 0 Å². The van der Waals surface area contributed by atoms with Gasteiger partial charge in [0.15, 0.2) is 0 Å². The Bertz CT molecular complexity index is 1310. The van der Waals surface area contributed by atoms with Gasteiger partial charge in [-0.1, -0.05) is 108 Å². The van der Waals surface area contributed by atoms with Crippen LogP contribution in [-0.4, -0.2) is 7.85 Å². The number of rotatable bonds is 2. The molecule has 130 valence electrons. The summed E-state index contributed by atoms with van der Waals surface area (Å²) >= 11 is 0. The Morgan fingerprint density at radius 2 is 1.21 bits per heavy atom. The first-order valence-corrected chi connectivity index (χ1v) is 9.58. The van der Waals surface area contributed by atoms with E-state index in [2.05, 4.69) is 97.9 Å². The maximum atomic E-state index is 6.23. The first-order chi connectivity index (χ1) is 13.7. The average molecular weight is 354 g/mol. The average Bonchev–Trinajstić information content (AvgIpc) is 2.74. The second kappa shape index (κ2) is 6.69. The highest BCUT2D eigenvalue weighted by molar-refractivity contribution is 6.39. The van der Waals surface area contributed by atoms with E-state index in [4.69, 9.17) is 7.85 Å². The summed E-state index contributed by atoms with van der Waals surface area (Å²) in [5.74, 6) is 0. The fourth-order valence-electron chi connectivity index (χ4n) is 4.04. The first kappa shape index (κ1) is 16.8. The molecule has 5 rings (SSSR count). The van der Waals surface area contributed by atoms with Gasteiger partial charge in [-0.15, -0.1) is 0 Å². The second-order valence-corrected chi connectivity index (χ2v) is 7.36. The summed E-state index contributed by atoms with van der Waals surface area (Å²) in [5, 5.41) is 4.87. The number of aryl methyl sites for hydroxylation is 1. The number of benzene rings is 5. The molecule has 0 amide bonds. The summed E-state index contributed by atoms with van der Waals surface area (Å²) in [7, 11) is 6.23. The molecule has 0 nitrogen and oxygen atoms in total. The monoisotopic (exact) mass is 354 g/mol. The molecule has 0 heterocycles. The van der Waals surface area contributed by atoms with E-state index in [0.29, 0.717) is 0 Å². The lowest BCUT2D eigenvalue weighted by Gasteiger charge is -2.12. The lowest BCUT2D eigenvalue weighted by Crippen LogP contribution is -2.04. The predicted octanol–water partition coefficient (Wildman–Crippen LogP) is 6.43. The van der Waals surface area contributed by atoms with E-state index >= 15 is 0 Å². The zero-order valence-corrected chi connectivity index (χ0v) is 15.8. The molecule has 0 bridgehead atoms. The van der Waals surface area contributed by atoms with Crippen LogP contribution in [0.5, 0.6) is 0 Å². The zero-order chi connectivity index (χ0) is 19.1. The Labute approximate surface area is 166 Å². The molecule has 0 N–H and O–H groups in total. The van der Waals surface area contributed by atoms with Gasteiger partial charge in [-0.2, -0.15) is 0 Å². The van der Waals surface area contributed by atoms with Gasteiger partial charge in [-0.05, 0) is 50.7 Å². The molecule has 0 saturated carbocycles. The smallest absolute Gasteiger partial charge is 0.0889 e. The Morgan fingerprint density at radius 1 is 0.536 bits per heavy atom. The summed E-state index contributed by atoms with van der Waals surface area (Å²) in [6, 6.07) is 34.5. The molecule has 0 saturated heterocycles. The third kappa shape index (κ3) is 2.80. The van der Waals surface area contributed by atoms with Crippen LogP contribution in [0.2, 0.25) is 0 Å². The summed E-state index contributed by atoms with van der Waals surface area (Å²) in [4.78, 5) is 0. The van der Waals surface area contributed by atoms with Gasteiger partial charge in [0, 0.05) is 0 Å². The summed E-state index contributed by atoms with van der Waals surface area (Å²) in [6.07, 6.45) is 0. The van der Waals surface area contributed by atoms with E-state index in [9.17, 15) is 0 Å². The lowest BCUT2D eigenvalue weighted by atomic mass is 9.85. The van der Waals surface area contributed by atoms with Gasteiger partial charge in [0.2, 0.25) is 0 Å². The van der Waals surface area contributed by atoms with Crippen LogP contribution >= 0.6 is 0 Å². The number of hydrogen-bond acceptors (Lipinski definition) is 0. The Hall–Kier alpha value is -3.32. The van der Waals surface area contributed by atoms with Crippen molar-refractivity contribution in [1.29, 1.82) is 0 Å². The van der Waals surface area contributed by atoms with Gasteiger partial charge >= 0.3 is 0 Å². The van der Waals surface area contributed by atoms with Crippen LogP contribution in [0.1, 0.15) is 5.56 Å². The molecule has 0 aliphatic heterocycles. The topological polar surface area (TPSA) is 0 Å². The van der Waals surface area contributed by atoms with Crippen molar-refractivity contribution in [2.24, 2.45) is 0 Å². The predicted molar refractivity (Wildman–Crippen MR) is 122 cm³/mol. The standard InChI is InChI=1S/C27H19B/c1-18-9-14-25-24(15-16-27(28)26(25)17-18)21-12-10-20(11-13-21)23-8-4-6-19-5-2-3-7-22(19)23/h2-17H,1H3. The van der Waals surface area contributed by atoms with Crippen LogP contribution in [0, 0.1) is 6.92 Å². The van der Waals surface area contributed by atoms with Crippen molar-refractivity contribution >= 4 is 34.9 Å². The molecule has 1 heteroatoms. The maximum Gasteiger partial charge on any atom is 0.114 e. The van der Waals surface area contributed by atoms with Crippen LogP contribution in [0.25, 0.3) is 43.8 Å². The Morgan fingerprint density at radius 3 is 2.00 bits per heavy atom. The van der Waals surface area contributed by atoms with E-state index < -0.39 is 0 Å². The third-order valence-electron chi connectivity index (χ3n) is 5.50. The quantitative estimate of drug-likeness (QED) is 0.321. The van der Waals surface area contributed by atoms with E-state index in [0.717, 1.165) is 10.8 Å². The van der Waals surface area contributed by atoms with Crippen LogP contribution in [0.3, 0.4) is 0 Å². The molecular formula is C27H19B. The van der Waals surface area contributed by atoms with Crippen molar-refractivity contribution in [3.05, 3.63) is 103 Å². The Kier molecular flexibility index (Phi) is 4.02. The maximum absolute atomic E-state index is 6.23. The molecule has 0 aliphatic carbocycles. The molecule has 0 aliphatic rings. The number of hydrogen-bond donors (Lipinski definition) is 0. The SMILES string of the molecule is [B]c1ccc(-c2ccc(-c3cccc4ccccc34)cc2)c2ccc(C)cc12. The van der Waals surface area contributed by atoms with Gasteiger partial charge in [0.05, 0.1) is 0 Å². The number of fused-ring (bicyclic) bond motifs is 2. The highest BCUT2D eigenvalue weighted by Gasteiger charge is 2.08. The van der Waals surface area contributed by atoms with Gasteiger partial charge < -0.3 is 0 Å². The molecule has 0 unspecified atom stereocenters. The summed E-state index contributed by atoms with van der Waals surface area (Å²) in [6.45, 7) is 2.10. The largest absolute Gasteiger partial charge is 0.114 e. The zero-order valence-electron chi connectivity index (χ0n) is 15.8. The van der Waals surface area contributed by atoms with Crippen LogP contribution in [0.4, 0.5) is 0 Å². The van der Waals surface area contributed by atoms with E-state index in [1.165, 1.54) is 44.0 Å². The van der Waals surface area contributed by atoms with Crippen molar-refractivity contribution in [3.8, 4) is 22.3 Å². The molecule has 5 aromatic rings. The van der Waals surface area contributed by atoms with Crippen molar-refractivity contribution < 1.29 is 0 Å². The molecule has 0 atom stereocenters. The summed E-state index contributed by atoms with van der Waals surface area (Å²) < 4.78 is 0. The van der Waals surface area contributed by atoms with E-state index in [1.54, 1.807) is 0 Å². The second-order valence-electron chi connectivity index (χ2n) is 7.36. The first-order valence-electron chi connectivity index (χ1n) is 9.58. The lowest BCUT2D eigenvalue weighted by molar-refractivity contribution is 1.51. The fraction of sp³-hybridized carbons (Fsp3) is 0.0370. The molecule has 0 spiro atoms. The van der Waals surface area contributed by atoms with Gasteiger partial charge in [-0.25, -0.2) is 0 Å². The van der Waals surface area contributed by atoms with E-state index in [-0.39, 0.29) is 0 Å². The van der Waals surface area contributed by atoms with Gasteiger partial charge in [0.1, 0.15) is 7.85 Å².